The Kier molecular flexibility index (Phi) is 6.59. The number of amides is 1. The highest BCUT2D eigenvalue weighted by atomic mass is 32.2. The number of hydrogen-bond acceptors (Lipinski definition) is 5. The number of carbonyl (C=O) groups is 1. The molecule has 0 radical (unpaired) electrons. The van der Waals surface area contributed by atoms with Crippen molar-refractivity contribution in [3.05, 3.63) is 66.2 Å². The number of benzene rings is 1. The lowest BCUT2D eigenvalue weighted by atomic mass is 10.0. The summed E-state index contributed by atoms with van der Waals surface area (Å²) in [6.45, 7) is 4.91. The lowest BCUT2D eigenvalue weighted by molar-refractivity contribution is -0.118. The molecule has 7 heteroatoms. The van der Waals surface area contributed by atoms with Crippen molar-refractivity contribution in [3.8, 4) is 5.69 Å². The molecule has 1 aromatic carbocycles. The second-order valence-corrected chi connectivity index (χ2v) is 7.38. The van der Waals surface area contributed by atoms with Gasteiger partial charge in [0.2, 0.25) is 5.91 Å². The van der Waals surface area contributed by atoms with E-state index in [0.717, 1.165) is 17.8 Å². The maximum absolute atomic E-state index is 12.1. The van der Waals surface area contributed by atoms with Crippen LogP contribution in [-0.2, 0) is 11.2 Å². The highest BCUT2D eigenvalue weighted by molar-refractivity contribution is 7.99. The predicted octanol–water partition coefficient (Wildman–Crippen LogP) is 3.24. The van der Waals surface area contributed by atoms with Gasteiger partial charge in [0, 0.05) is 30.5 Å². The Balaban J connectivity index is 1.51. The van der Waals surface area contributed by atoms with E-state index in [1.54, 1.807) is 12.5 Å². The fourth-order valence-corrected chi connectivity index (χ4v) is 3.34. The quantitative estimate of drug-likeness (QED) is 0.607. The number of carbonyl (C=O) groups excluding carboxylic acids is 1. The maximum Gasteiger partial charge on any atom is 0.230 e. The Bertz CT molecular complexity index is 862. The molecule has 2 aromatic heterocycles. The Hall–Kier alpha value is -2.67. The molecule has 0 aliphatic carbocycles. The van der Waals surface area contributed by atoms with Crippen molar-refractivity contribution in [2.24, 2.45) is 0 Å². The van der Waals surface area contributed by atoms with Crippen molar-refractivity contribution in [2.45, 2.75) is 31.3 Å². The zero-order valence-corrected chi connectivity index (χ0v) is 16.3. The van der Waals surface area contributed by atoms with Crippen LogP contribution < -0.4 is 5.32 Å². The lowest BCUT2D eigenvalue weighted by Gasteiger charge is -2.09. The van der Waals surface area contributed by atoms with Crippen LogP contribution in [0.1, 0.15) is 31.0 Å². The van der Waals surface area contributed by atoms with Gasteiger partial charge in [-0.2, -0.15) is 0 Å². The number of pyridine rings is 1. The van der Waals surface area contributed by atoms with E-state index in [-0.39, 0.29) is 5.91 Å². The molecule has 0 aliphatic heterocycles. The average molecular weight is 382 g/mol. The van der Waals surface area contributed by atoms with E-state index in [1.807, 2.05) is 22.8 Å². The summed E-state index contributed by atoms with van der Waals surface area (Å²) in [5, 5.41) is 11.7. The fraction of sp³-hybridized carbons (Fsp3) is 0.300. The topological polar surface area (TPSA) is 72.7 Å². The molecule has 3 aromatic rings. The molecular formula is C20H23N5OS. The van der Waals surface area contributed by atoms with Crippen LogP contribution in [0.25, 0.3) is 5.69 Å². The second-order valence-electron chi connectivity index (χ2n) is 6.44. The standard InChI is InChI=1S/C20H23N5OS/c1-15(2)16-6-8-18(9-7-16)25-14-23-24-20(25)27-13-19(26)22-12-10-17-5-3-4-11-21-17/h3-9,11,14-15H,10,12-13H2,1-2H3,(H,22,26). The first-order valence-electron chi connectivity index (χ1n) is 8.93. The van der Waals surface area contributed by atoms with Crippen LogP contribution in [0.15, 0.2) is 60.1 Å². The van der Waals surface area contributed by atoms with Gasteiger partial charge in [-0.05, 0) is 35.7 Å². The van der Waals surface area contributed by atoms with Gasteiger partial charge in [-0.3, -0.25) is 14.3 Å². The molecular weight excluding hydrogens is 358 g/mol. The highest BCUT2D eigenvalue weighted by Gasteiger charge is 2.10. The van der Waals surface area contributed by atoms with E-state index < -0.39 is 0 Å². The van der Waals surface area contributed by atoms with Crippen LogP contribution in [-0.4, -0.2) is 38.0 Å². The summed E-state index contributed by atoms with van der Waals surface area (Å²) in [5.41, 5.74) is 3.24. The van der Waals surface area contributed by atoms with Crippen LogP contribution in [0, 0.1) is 0 Å². The van der Waals surface area contributed by atoms with E-state index in [9.17, 15) is 4.79 Å². The molecule has 0 bridgehead atoms. The predicted molar refractivity (Wildman–Crippen MR) is 107 cm³/mol. The number of nitrogens with one attached hydrogen (secondary N) is 1. The number of nitrogens with zero attached hydrogens (tertiary/aromatic N) is 4. The van der Waals surface area contributed by atoms with Gasteiger partial charge in [-0.15, -0.1) is 10.2 Å². The van der Waals surface area contributed by atoms with Gasteiger partial charge in [0.1, 0.15) is 6.33 Å². The molecule has 6 nitrogen and oxygen atoms in total. The third kappa shape index (κ3) is 5.40. The van der Waals surface area contributed by atoms with Gasteiger partial charge in [0.25, 0.3) is 0 Å². The number of rotatable bonds is 8. The molecule has 0 aliphatic rings. The molecule has 0 unspecified atom stereocenters. The summed E-state index contributed by atoms with van der Waals surface area (Å²) in [7, 11) is 0. The van der Waals surface area contributed by atoms with Gasteiger partial charge < -0.3 is 5.32 Å². The summed E-state index contributed by atoms with van der Waals surface area (Å²) in [5.74, 6) is 0.759. The molecule has 0 atom stereocenters. The average Bonchev–Trinajstić information content (AvgIpc) is 3.16. The first-order chi connectivity index (χ1) is 13.1. The lowest BCUT2D eigenvalue weighted by Crippen LogP contribution is -2.27. The van der Waals surface area contributed by atoms with Crippen molar-refractivity contribution in [1.82, 2.24) is 25.1 Å². The number of aromatic nitrogens is 4. The van der Waals surface area contributed by atoms with Gasteiger partial charge in [-0.25, -0.2) is 0 Å². The Labute approximate surface area is 163 Å². The van der Waals surface area contributed by atoms with Gasteiger partial charge in [-0.1, -0.05) is 43.8 Å². The molecule has 3 rings (SSSR count). The van der Waals surface area contributed by atoms with E-state index in [4.69, 9.17) is 0 Å². The largest absolute Gasteiger partial charge is 0.355 e. The minimum atomic E-state index is -0.0272. The van der Waals surface area contributed by atoms with E-state index in [1.165, 1.54) is 17.3 Å². The van der Waals surface area contributed by atoms with Crippen LogP contribution in [0.3, 0.4) is 0 Å². The second kappa shape index (κ2) is 9.32. The summed E-state index contributed by atoms with van der Waals surface area (Å²) in [4.78, 5) is 16.3. The first-order valence-corrected chi connectivity index (χ1v) is 9.92. The first kappa shape index (κ1) is 19.1. The van der Waals surface area contributed by atoms with Crippen LogP contribution >= 0.6 is 11.8 Å². The number of thioether (sulfide) groups is 1. The molecule has 0 saturated heterocycles. The minimum Gasteiger partial charge on any atom is -0.355 e. The van der Waals surface area contributed by atoms with Crippen molar-refractivity contribution < 1.29 is 4.79 Å². The van der Waals surface area contributed by atoms with Crippen molar-refractivity contribution >= 4 is 17.7 Å². The Morgan fingerprint density at radius 1 is 1.19 bits per heavy atom. The van der Waals surface area contributed by atoms with Gasteiger partial charge >= 0.3 is 0 Å². The number of hydrogen-bond donors (Lipinski definition) is 1. The van der Waals surface area contributed by atoms with Crippen LogP contribution in [0.2, 0.25) is 0 Å². The van der Waals surface area contributed by atoms with E-state index in [0.29, 0.717) is 23.4 Å². The van der Waals surface area contributed by atoms with Gasteiger partial charge in [0.05, 0.1) is 5.75 Å². The van der Waals surface area contributed by atoms with E-state index in [2.05, 4.69) is 58.6 Å². The summed E-state index contributed by atoms with van der Waals surface area (Å²) in [6, 6.07) is 14.1. The minimum absolute atomic E-state index is 0.0272. The summed E-state index contributed by atoms with van der Waals surface area (Å²) < 4.78 is 1.90. The van der Waals surface area contributed by atoms with Crippen LogP contribution in [0.5, 0.6) is 0 Å². The van der Waals surface area contributed by atoms with Crippen molar-refractivity contribution in [2.75, 3.05) is 12.3 Å². The summed E-state index contributed by atoms with van der Waals surface area (Å²) in [6.07, 6.45) is 4.15. The molecule has 0 fully saturated rings. The monoisotopic (exact) mass is 381 g/mol. The third-order valence-corrected chi connectivity index (χ3v) is 5.06. The van der Waals surface area contributed by atoms with E-state index >= 15 is 0 Å². The normalized spacial score (nSPS) is 10.9. The van der Waals surface area contributed by atoms with Gasteiger partial charge in [0.15, 0.2) is 5.16 Å². The molecule has 1 N–H and O–H groups in total. The zero-order valence-electron chi connectivity index (χ0n) is 15.5. The fourth-order valence-electron chi connectivity index (χ4n) is 2.58. The van der Waals surface area contributed by atoms with Crippen LogP contribution in [0.4, 0.5) is 0 Å². The Morgan fingerprint density at radius 2 is 2.00 bits per heavy atom. The zero-order chi connectivity index (χ0) is 19.1. The van der Waals surface area contributed by atoms with Crippen molar-refractivity contribution in [1.29, 1.82) is 0 Å². The Morgan fingerprint density at radius 3 is 2.70 bits per heavy atom. The molecule has 1 amide bonds. The maximum atomic E-state index is 12.1. The molecule has 140 valence electrons. The van der Waals surface area contributed by atoms with Crippen molar-refractivity contribution in [3.63, 3.8) is 0 Å². The molecule has 0 saturated carbocycles. The highest BCUT2D eigenvalue weighted by Crippen LogP contribution is 2.21. The smallest absolute Gasteiger partial charge is 0.230 e. The summed E-state index contributed by atoms with van der Waals surface area (Å²) >= 11 is 1.38. The third-order valence-electron chi connectivity index (χ3n) is 4.12. The SMILES string of the molecule is CC(C)c1ccc(-n2cnnc2SCC(=O)NCCc2ccccn2)cc1. The molecule has 0 spiro atoms. The molecule has 2 heterocycles. The molecule has 27 heavy (non-hydrogen) atoms.